The fourth-order valence-electron chi connectivity index (χ4n) is 5.16. The molecule has 0 N–H and O–H groups in total. The quantitative estimate of drug-likeness (QED) is 0.609. The Hall–Kier alpha value is -3.88. The summed E-state index contributed by atoms with van der Waals surface area (Å²) in [4.78, 5) is 39.8. The van der Waals surface area contributed by atoms with Gasteiger partial charge in [0.1, 0.15) is 17.5 Å². The van der Waals surface area contributed by atoms with Crippen LogP contribution in [0.25, 0.3) is 0 Å². The third kappa shape index (κ3) is 5.16. The lowest BCUT2D eigenvalue weighted by Crippen LogP contribution is -2.66. The van der Waals surface area contributed by atoms with Crippen molar-refractivity contribution in [2.24, 2.45) is 7.05 Å². The second-order valence-corrected chi connectivity index (χ2v) is 11.1. The van der Waals surface area contributed by atoms with Crippen molar-refractivity contribution in [3.63, 3.8) is 0 Å². The van der Waals surface area contributed by atoms with E-state index in [0.717, 1.165) is 24.9 Å². The highest BCUT2D eigenvalue weighted by molar-refractivity contribution is 5.74. The first-order valence-corrected chi connectivity index (χ1v) is 12.5. The number of carbonyl (C=O) groups excluding carboxylic acids is 2. The number of carbonyl (C=O) groups is 2. The first-order chi connectivity index (χ1) is 17.5. The molecular formula is C25H32N8O4. The van der Waals surface area contributed by atoms with Gasteiger partial charge in [0.05, 0.1) is 43.8 Å². The molecule has 0 aromatic carbocycles. The maximum absolute atomic E-state index is 12.9. The molecule has 2 aromatic heterocycles. The van der Waals surface area contributed by atoms with Crippen molar-refractivity contribution < 1.29 is 19.1 Å². The zero-order valence-electron chi connectivity index (χ0n) is 21.7. The topological polar surface area (TPSA) is 130 Å². The monoisotopic (exact) mass is 508 g/mol. The number of nitriles is 1. The third-order valence-corrected chi connectivity index (χ3v) is 6.84. The molecule has 37 heavy (non-hydrogen) atoms. The van der Waals surface area contributed by atoms with Gasteiger partial charge in [0.2, 0.25) is 0 Å². The van der Waals surface area contributed by atoms with Crippen LogP contribution in [0, 0.1) is 11.3 Å². The van der Waals surface area contributed by atoms with Gasteiger partial charge in [0, 0.05) is 32.8 Å². The molecule has 12 heteroatoms. The van der Waals surface area contributed by atoms with E-state index in [1.54, 1.807) is 26.9 Å². The zero-order chi connectivity index (χ0) is 26.4. The third-order valence-electron chi connectivity index (χ3n) is 6.84. The van der Waals surface area contributed by atoms with Crippen LogP contribution in [-0.4, -0.2) is 91.7 Å². The summed E-state index contributed by atoms with van der Waals surface area (Å²) in [6.45, 7) is 7.96. The van der Waals surface area contributed by atoms with Crippen molar-refractivity contribution in [2.45, 2.75) is 57.3 Å². The zero-order valence-corrected chi connectivity index (χ0v) is 21.7. The number of rotatable bonds is 4. The number of likely N-dealkylation sites (tertiary alicyclic amines) is 1. The minimum Gasteiger partial charge on any atom is -0.444 e. The fraction of sp³-hybridized carbons (Fsp3) is 0.600. The number of nitrogens with zero attached hydrogens (tertiary/aromatic N) is 8. The Labute approximate surface area is 215 Å². The number of piperidine rings is 1. The number of hydrogen-bond acceptors (Lipinski definition) is 9. The number of aryl methyl sites for hydroxylation is 1. The van der Waals surface area contributed by atoms with Gasteiger partial charge < -0.3 is 14.4 Å². The first-order valence-electron chi connectivity index (χ1n) is 12.5. The Bertz CT molecular complexity index is 1240. The standard InChI is InChI=1S/C25H32N8O4/c1-24(2,3)36-22(34)32-14-25(15-32)16-33(23(35)37-25)18-6-5-7-31(13-18)21-11-27-20(9-26)19(29-21)8-17-10-28-30(4)12-17/h10-12,18H,5-8,13-16H2,1-4H3/t18-/m1/s1. The number of anilines is 1. The second kappa shape index (κ2) is 9.21. The van der Waals surface area contributed by atoms with Gasteiger partial charge in [-0.25, -0.2) is 19.6 Å². The largest absolute Gasteiger partial charge is 0.444 e. The van der Waals surface area contributed by atoms with Crippen molar-refractivity contribution in [1.29, 1.82) is 5.26 Å². The van der Waals surface area contributed by atoms with Gasteiger partial charge >= 0.3 is 12.2 Å². The maximum atomic E-state index is 12.9. The Balaban J connectivity index is 1.24. The summed E-state index contributed by atoms with van der Waals surface area (Å²) in [5.74, 6) is 0.685. The van der Waals surface area contributed by atoms with Gasteiger partial charge in [-0.2, -0.15) is 10.4 Å². The van der Waals surface area contributed by atoms with E-state index in [-0.39, 0.29) is 12.1 Å². The highest BCUT2D eigenvalue weighted by Gasteiger charge is 2.57. The van der Waals surface area contributed by atoms with Crippen LogP contribution in [0.15, 0.2) is 18.6 Å². The summed E-state index contributed by atoms with van der Waals surface area (Å²) >= 11 is 0. The van der Waals surface area contributed by atoms with Crippen LogP contribution < -0.4 is 4.90 Å². The number of amides is 2. The Morgan fingerprint density at radius 2 is 2.08 bits per heavy atom. The van der Waals surface area contributed by atoms with E-state index in [0.29, 0.717) is 49.8 Å². The normalized spacial score (nSPS) is 21.0. The summed E-state index contributed by atoms with van der Waals surface area (Å²) in [5.41, 5.74) is 0.599. The number of aromatic nitrogens is 4. The van der Waals surface area contributed by atoms with Crippen molar-refractivity contribution in [3.05, 3.63) is 35.5 Å². The fourth-order valence-corrected chi connectivity index (χ4v) is 5.16. The van der Waals surface area contributed by atoms with Gasteiger partial charge in [0.15, 0.2) is 11.3 Å². The number of hydrogen-bond donors (Lipinski definition) is 0. The van der Waals surface area contributed by atoms with Gasteiger partial charge in [-0.1, -0.05) is 0 Å². The molecule has 12 nitrogen and oxygen atoms in total. The molecule has 0 saturated carbocycles. The van der Waals surface area contributed by atoms with Gasteiger partial charge in [-0.3, -0.25) is 14.5 Å². The lowest BCUT2D eigenvalue weighted by atomic mass is 9.93. The molecule has 3 aliphatic heterocycles. The average molecular weight is 509 g/mol. The molecule has 2 amide bonds. The summed E-state index contributed by atoms with van der Waals surface area (Å²) in [7, 11) is 1.84. The lowest BCUT2D eigenvalue weighted by Gasteiger charge is -2.45. The van der Waals surface area contributed by atoms with Gasteiger partial charge in [-0.05, 0) is 39.2 Å². The van der Waals surface area contributed by atoms with Gasteiger partial charge in [0.25, 0.3) is 0 Å². The molecule has 196 valence electrons. The lowest BCUT2D eigenvalue weighted by molar-refractivity contribution is -0.0789. The van der Waals surface area contributed by atoms with Crippen molar-refractivity contribution in [3.8, 4) is 6.07 Å². The molecule has 3 aliphatic rings. The molecule has 5 rings (SSSR count). The van der Waals surface area contributed by atoms with Crippen LogP contribution in [0.5, 0.6) is 0 Å². The van der Waals surface area contributed by atoms with E-state index in [9.17, 15) is 14.9 Å². The SMILES string of the molecule is Cn1cc(Cc2nc(N3CCC[C@@H](N4CC5(CN(C(=O)OC(C)(C)C)C5)OC4=O)C3)cnc2C#N)cn1. The van der Waals surface area contributed by atoms with Crippen LogP contribution in [0.4, 0.5) is 15.4 Å². The van der Waals surface area contributed by atoms with E-state index < -0.39 is 17.3 Å². The molecule has 0 aliphatic carbocycles. The van der Waals surface area contributed by atoms with Crippen LogP contribution in [0.3, 0.4) is 0 Å². The highest BCUT2D eigenvalue weighted by atomic mass is 16.6. The molecule has 3 fully saturated rings. The van der Waals surface area contributed by atoms with Crippen LogP contribution in [-0.2, 0) is 22.9 Å². The van der Waals surface area contributed by atoms with E-state index in [4.69, 9.17) is 14.5 Å². The predicted molar refractivity (Wildman–Crippen MR) is 132 cm³/mol. The Kier molecular flexibility index (Phi) is 6.17. The molecule has 0 unspecified atom stereocenters. The molecule has 0 bridgehead atoms. The summed E-state index contributed by atoms with van der Waals surface area (Å²) in [5, 5.41) is 13.7. The second-order valence-electron chi connectivity index (χ2n) is 11.1. The van der Waals surface area contributed by atoms with Crippen molar-refractivity contribution >= 4 is 18.0 Å². The molecule has 3 saturated heterocycles. The minimum absolute atomic E-state index is 0.0459. The minimum atomic E-state index is -0.679. The van der Waals surface area contributed by atoms with E-state index >= 15 is 0 Å². The molecular weight excluding hydrogens is 476 g/mol. The maximum Gasteiger partial charge on any atom is 0.410 e. The molecule has 1 spiro atoms. The summed E-state index contributed by atoms with van der Waals surface area (Å²) in [6, 6.07) is 2.09. The van der Waals surface area contributed by atoms with Crippen molar-refractivity contribution in [2.75, 3.05) is 37.6 Å². The van der Waals surface area contributed by atoms with Crippen LogP contribution >= 0.6 is 0 Å². The summed E-state index contributed by atoms with van der Waals surface area (Å²) in [6.07, 6.45) is 6.73. The molecule has 2 aromatic rings. The van der Waals surface area contributed by atoms with Crippen LogP contribution in [0.1, 0.15) is 50.6 Å². The molecule has 0 radical (unpaired) electrons. The van der Waals surface area contributed by atoms with Crippen LogP contribution in [0.2, 0.25) is 0 Å². The molecule has 5 heterocycles. The predicted octanol–water partition coefficient (Wildman–Crippen LogP) is 2.08. The van der Waals surface area contributed by atoms with E-state index in [2.05, 4.69) is 21.1 Å². The van der Waals surface area contributed by atoms with E-state index in [1.807, 2.05) is 34.0 Å². The average Bonchev–Trinajstić information content (AvgIpc) is 3.39. The Morgan fingerprint density at radius 3 is 2.76 bits per heavy atom. The number of ether oxygens (including phenoxy) is 2. The first kappa shape index (κ1) is 24.8. The van der Waals surface area contributed by atoms with E-state index in [1.165, 1.54) is 0 Å². The smallest absolute Gasteiger partial charge is 0.410 e. The van der Waals surface area contributed by atoms with Gasteiger partial charge in [-0.15, -0.1) is 0 Å². The molecule has 1 atom stereocenters. The Morgan fingerprint density at radius 1 is 1.30 bits per heavy atom. The highest BCUT2D eigenvalue weighted by Crippen LogP contribution is 2.36. The van der Waals surface area contributed by atoms with Crippen molar-refractivity contribution in [1.82, 2.24) is 29.5 Å². The summed E-state index contributed by atoms with van der Waals surface area (Å²) < 4.78 is 12.9.